The third-order valence-corrected chi connectivity index (χ3v) is 3.79. The molecule has 0 bridgehead atoms. The highest BCUT2D eigenvalue weighted by Gasteiger charge is 2.33. The van der Waals surface area contributed by atoms with Crippen molar-refractivity contribution in [2.24, 2.45) is 5.92 Å². The fourth-order valence-electron chi connectivity index (χ4n) is 2.67. The van der Waals surface area contributed by atoms with Gasteiger partial charge in [-0.3, -0.25) is 9.78 Å². The standard InChI is InChI=1S/C12H17N5O3/c13-12-15-10-9(11(20)16-12)14-5-17(10)7-2-1-6(4-18)8(19)3-7/h1-2,6-8,14,18-19H,3-5H2,(H3,13,15,16,20)/t6-,7-,8+/m0/s1. The molecule has 1 aromatic rings. The maximum absolute atomic E-state index is 11.8. The van der Waals surface area contributed by atoms with Crippen molar-refractivity contribution in [2.45, 2.75) is 18.6 Å². The van der Waals surface area contributed by atoms with E-state index in [9.17, 15) is 9.90 Å². The number of nitrogens with one attached hydrogen (secondary N) is 2. The van der Waals surface area contributed by atoms with Crippen molar-refractivity contribution in [2.75, 3.05) is 29.2 Å². The van der Waals surface area contributed by atoms with E-state index in [0.717, 1.165) is 0 Å². The van der Waals surface area contributed by atoms with Crippen molar-refractivity contribution in [3.63, 3.8) is 0 Å². The Morgan fingerprint density at radius 1 is 1.50 bits per heavy atom. The average Bonchev–Trinajstić information content (AvgIpc) is 2.82. The third-order valence-electron chi connectivity index (χ3n) is 3.79. The van der Waals surface area contributed by atoms with Crippen LogP contribution in [0.15, 0.2) is 16.9 Å². The maximum Gasteiger partial charge on any atom is 0.277 e. The molecular formula is C12H17N5O3. The van der Waals surface area contributed by atoms with Crippen LogP contribution in [0, 0.1) is 5.92 Å². The zero-order valence-electron chi connectivity index (χ0n) is 10.8. The van der Waals surface area contributed by atoms with Crippen molar-refractivity contribution in [3.05, 3.63) is 22.5 Å². The van der Waals surface area contributed by atoms with E-state index in [4.69, 9.17) is 10.8 Å². The van der Waals surface area contributed by atoms with E-state index in [0.29, 0.717) is 24.6 Å². The van der Waals surface area contributed by atoms with Crippen molar-refractivity contribution in [1.82, 2.24) is 9.97 Å². The first-order valence-corrected chi connectivity index (χ1v) is 6.47. The number of rotatable bonds is 2. The molecule has 0 unspecified atom stereocenters. The van der Waals surface area contributed by atoms with Crippen LogP contribution in [0.4, 0.5) is 17.5 Å². The number of nitrogens with two attached hydrogens (primary N) is 1. The first-order chi connectivity index (χ1) is 9.60. The first kappa shape index (κ1) is 12.9. The van der Waals surface area contributed by atoms with E-state index in [1.54, 1.807) is 6.08 Å². The van der Waals surface area contributed by atoms with Crippen LogP contribution < -0.4 is 21.5 Å². The van der Waals surface area contributed by atoms with Gasteiger partial charge < -0.3 is 26.2 Å². The van der Waals surface area contributed by atoms with Crippen molar-refractivity contribution < 1.29 is 10.2 Å². The molecule has 108 valence electrons. The second-order valence-electron chi connectivity index (χ2n) is 5.06. The largest absolute Gasteiger partial charge is 0.396 e. The molecule has 0 fully saturated rings. The van der Waals surface area contributed by atoms with Crippen LogP contribution in [0.3, 0.4) is 0 Å². The lowest BCUT2D eigenvalue weighted by Gasteiger charge is -2.33. The number of nitrogen functional groups attached to an aromatic ring is 1. The summed E-state index contributed by atoms with van der Waals surface area (Å²) in [6.07, 6.45) is 3.58. The minimum atomic E-state index is -0.613. The van der Waals surface area contributed by atoms with Gasteiger partial charge in [-0.25, -0.2) is 0 Å². The topological polar surface area (TPSA) is 128 Å². The molecule has 0 amide bonds. The lowest BCUT2D eigenvalue weighted by atomic mass is 9.90. The molecule has 3 rings (SSSR count). The summed E-state index contributed by atoms with van der Waals surface area (Å²) in [4.78, 5) is 20.2. The highest BCUT2D eigenvalue weighted by atomic mass is 16.3. The number of anilines is 3. The van der Waals surface area contributed by atoms with Crippen LogP contribution in [0.2, 0.25) is 0 Å². The summed E-state index contributed by atoms with van der Waals surface area (Å²) in [6, 6.07) is -0.0877. The summed E-state index contributed by atoms with van der Waals surface area (Å²) in [5.74, 6) is 0.324. The van der Waals surface area contributed by atoms with Crippen molar-refractivity contribution in [3.8, 4) is 0 Å². The Morgan fingerprint density at radius 2 is 2.30 bits per heavy atom. The van der Waals surface area contributed by atoms with E-state index >= 15 is 0 Å². The molecule has 8 heteroatoms. The molecule has 2 heterocycles. The summed E-state index contributed by atoms with van der Waals surface area (Å²) in [5.41, 5.74) is 5.67. The summed E-state index contributed by atoms with van der Waals surface area (Å²) in [5, 5.41) is 22.1. The SMILES string of the molecule is Nc1nc2c(c(=O)[nH]1)NCN2[C@H]1C=C[C@@H](CO)[C@H](O)C1. The Bertz CT molecular complexity index is 599. The number of fused-ring (bicyclic) bond motifs is 1. The molecule has 0 aromatic carbocycles. The fraction of sp³-hybridized carbons (Fsp3) is 0.500. The van der Waals surface area contributed by atoms with Crippen LogP contribution in [-0.2, 0) is 0 Å². The van der Waals surface area contributed by atoms with Crippen LogP contribution in [-0.4, -0.2) is 45.6 Å². The van der Waals surface area contributed by atoms with Crippen molar-refractivity contribution in [1.29, 1.82) is 0 Å². The molecule has 8 nitrogen and oxygen atoms in total. The number of nitrogens with zero attached hydrogens (tertiary/aromatic N) is 2. The molecule has 0 spiro atoms. The molecule has 1 aliphatic heterocycles. The Hall–Kier alpha value is -2.06. The van der Waals surface area contributed by atoms with Crippen LogP contribution in [0.5, 0.6) is 0 Å². The van der Waals surface area contributed by atoms with Gasteiger partial charge in [0.1, 0.15) is 5.69 Å². The average molecular weight is 279 g/mol. The number of aliphatic hydroxyl groups is 2. The van der Waals surface area contributed by atoms with E-state index in [2.05, 4.69) is 15.3 Å². The van der Waals surface area contributed by atoms with E-state index in [-0.39, 0.29) is 30.1 Å². The summed E-state index contributed by atoms with van der Waals surface area (Å²) < 4.78 is 0. The van der Waals surface area contributed by atoms with Crippen molar-refractivity contribution >= 4 is 17.5 Å². The minimum Gasteiger partial charge on any atom is -0.396 e. The zero-order chi connectivity index (χ0) is 14.3. The van der Waals surface area contributed by atoms with E-state index in [1.807, 2.05) is 11.0 Å². The Morgan fingerprint density at radius 3 is 3.00 bits per heavy atom. The molecule has 1 aliphatic carbocycles. The Kier molecular flexibility index (Phi) is 3.11. The molecular weight excluding hydrogens is 262 g/mol. The predicted octanol–water partition coefficient (Wildman–Crippen LogP) is -1.16. The molecule has 6 N–H and O–H groups in total. The fourth-order valence-corrected chi connectivity index (χ4v) is 2.67. The number of H-pyrrole nitrogens is 1. The number of aromatic amines is 1. The maximum atomic E-state index is 11.8. The van der Waals surface area contributed by atoms with Gasteiger partial charge in [-0.15, -0.1) is 0 Å². The highest BCUT2D eigenvalue weighted by Crippen LogP contribution is 2.31. The molecule has 1 aromatic heterocycles. The lowest BCUT2D eigenvalue weighted by Crippen LogP contribution is -2.41. The van der Waals surface area contributed by atoms with Gasteiger partial charge in [0.15, 0.2) is 5.82 Å². The normalized spacial score (nSPS) is 28.3. The summed E-state index contributed by atoms with van der Waals surface area (Å²) in [7, 11) is 0. The van der Waals surface area contributed by atoms with Gasteiger partial charge in [0, 0.05) is 5.92 Å². The quantitative estimate of drug-likeness (QED) is 0.432. The second-order valence-corrected chi connectivity index (χ2v) is 5.06. The lowest BCUT2D eigenvalue weighted by molar-refractivity contribution is 0.0760. The van der Waals surface area contributed by atoms with Gasteiger partial charge in [-0.2, -0.15) is 4.98 Å². The van der Waals surface area contributed by atoms with Crippen LogP contribution >= 0.6 is 0 Å². The Balaban J connectivity index is 1.91. The van der Waals surface area contributed by atoms with Crippen LogP contribution in [0.1, 0.15) is 6.42 Å². The highest BCUT2D eigenvalue weighted by molar-refractivity contribution is 5.71. The van der Waals surface area contributed by atoms with E-state index < -0.39 is 6.10 Å². The summed E-state index contributed by atoms with van der Waals surface area (Å²) in [6.45, 7) is 0.352. The van der Waals surface area contributed by atoms with E-state index in [1.165, 1.54) is 0 Å². The van der Waals surface area contributed by atoms with Crippen LogP contribution in [0.25, 0.3) is 0 Å². The predicted molar refractivity (Wildman–Crippen MR) is 74.4 cm³/mol. The summed E-state index contributed by atoms with van der Waals surface area (Å²) >= 11 is 0. The molecule has 0 saturated heterocycles. The van der Waals surface area contributed by atoms with Gasteiger partial charge in [0.25, 0.3) is 5.56 Å². The number of hydrogen-bond donors (Lipinski definition) is 5. The number of aromatic nitrogens is 2. The Labute approximate surface area is 114 Å². The minimum absolute atomic E-state index is 0.0658. The first-order valence-electron chi connectivity index (χ1n) is 6.47. The second kappa shape index (κ2) is 4.80. The molecule has 2 aliphatic rings. The van der Waals surface area contributed by atoms with Gasteiger partial charge in [-0.1, -0.05) is 12.2 Å². The monoisotopic (exact) mass is 279 g/mol. The van der Waals surface area contributed by atoms with Gasteiger partial charge in [0.2, 0.25) is 5.95 Å². The zero-order valence-corrected chi connectivity index (χ0v) is 10.8. The third kappa shape index (κ3) is 2.02. The van der Waals surface area contributed by atoms with Gasteiger partial charge in [0.05, 0.1) is 25.4 Å². The molecule has 0 saturated carbocycles. The van der Waals surface area contributed by atoms with Gasteiger partial charge >= 0.3 is 0 Å². The molecule has 0 radical (unpaired) electrons. The molecule has 3 atom stereocenters. The number of hydrogen-bond acceptors (Lipinski definition) is 7. The number of aliphatic hydroxyl groups excluding tert-OH is 2. The molecule has 20 heavy (non-hydrogen) atoms. The van der Waals surface area contributed by atoms with Gasteiger partial charge in [-0.05, 0) is 6.42 Å². The smallest absolute Gasteiger partial charge is 0.277 e.